The van der Waals surface area contributed by atoms with Crippen LogP contribution in [0.1, 0.15) is 63.1 Å². The van der Waals surface area contributed by atoms with Gasteiger partial charge in [0.15, 0.2) is 0 Å². The molecule has 236 valence electrons. The molecule has 0 saturated heterocycles. The van der Waals surface area contributed by atoms with Crippen molar-refractivity contribution in [1.29, 1.82) is 0 Å². The van der Waals surface area contributed by atoms with Crippen LogP contribution in [0.4, 0.5) is 16.2 Å². The number of rotatable bonds is 11. The highest BCUT2D eigenvalue weighted by Gasteiger charge is 2.23. The van der Waals surface area contributed by atoms with Crippen LogP contribution in [0.5, 0.6) is 5.75 Å². The first-order valence-corrected chi connectivity index (χ1v) is 15.6. The minimum Gasteiger partial charge on any atom is -0.493 e. The van der Waals surface area contributed by atoms with E-state index in [1.54, 1.807) is 23.2 Å². The van der Waals surface area contributed by atoms with E-state index in [4.69, 9.17) is 4.74 Å². The highest BCUT2D eigenvalue weighted by atomic mass is 16.5. The van der Waals surface area contributed by atoms with E-state index < -0.39 is 6.03 Å². The van der Waals surface area contributed by atoms with Crippen molar-refractivity contribution in [2.24, 2.45) is 0 Å². The average Bonchev–Trinajstić information content (AvgIpc) is 3.03. The molecule has 3 aromatic heterocycles. The Labute approximate surface area is 270 Å². The van der Waals surface area contributed by atoms with Crippen molar-refractivity contribution < 1.29 is 9.53 Å². The number of nitrogens with one attached hydrogen (secondary N) is 2. The third kappa shape index (κ3) is 7.18. The Morgan fingerprint density at radius 3 is 2.24 bits per heavy atom. The summed E-state index contributed by atoms with van der Waals surface area (Å²) in [5.41, 5.74) is 6.32. The van der Waals surface area contributed by atoms with Gasteiger partial charge in [0.05, 0.1) is 6.61 Å². The molecule has 0 unspecified atom stereocenters. The van der Waals surface area contributed by atoms with Gasteiger partial charge >= 0.3 is 6.03 Å². The van der Waals surface area contributed by atoms with Crippen molar-refractivity contribution in [2.45, 2.75) is 59.4 Å². The van der Waals surface area contributed by atoms with Gasteiger partial charge in [-0.3, -0.25) is 14.3 Å². The molecule has 0 aliphatic rings. The Morgan fingerprint density at radius 2 is 1.57 bits per heavy atom. The molecular formula is C38H41N5O3. The van der Waals surface area contributed by atoms with Crippen molar-refractivity contribution in [3.05, 3.63) is 125 Å². The zero-order valence-corrected chi connectivity index (χ0v) is 27.1. The Morgan fingerprint density at radius 1 is 0.891 bits per heavy atom. The molecule has 0 aliphatic heterocycles. The van der Waals surface area contributed by atoms with E-state index in [0.29, 0.717) is 23.6 Å². The first-order chi connectivity index (χ1) is 22.1. The summed E-state index contributed by atoms with van der Waals surface area (Å²) in [5.74, 6) is 1.02. The predicted octanol–water partition coefficient (Wildman–Crippen LogP) is 8.55. The number of allylic oxidation sites excluding steroid dienone is 1. The van der Waals surface area contributed by atoms with E-state index in [9.17, 15) is 9.59 Å². The molecule has 0 aliphatic carbocycles. The van der Waals surface area contributed by atoms with Gasteiger partial charge in [-0.25, -0.2) is 9.78 Å². The Hall–Kier alpha value is -5.24. The molecule has 0 fully saturated rings. The molecule has 2 N–H and O–H groups in total. The van der Waals surface area contributed by atoms with Crippen LogP contribution in [-0.4, -0.2) is 27.2 Å². The standard InChI is InChI=1S/C38H41N5O3/c1-24(2)23-43-36-32(14-9-18-40-36)33(28-10-7-11-29(22-28)46-21-17-27-15-19-39-20-16-27)35(37(43)44)42-38(45)41-34-30(25(3)4)12-8-13-31(34)26(5)6/h7-16,18-20,22,25-26H,1,17,21,23H2,2-6H3,(H2,41,42,45). The van der Waals surface area contributed by atoms with Crippen LogP contribution in [0.2, 0.25) is 0 Å². The lowest BCUT2D eigenvalue weighted by Gasteiger charge is -2.22. The molecule has 3 heterocycles. The van der Waals surface area contributed by atoms with Crippen LogP contribution in [0, 0.1) is 0 Å². The number of carbonyl (C=O) groups is 1. The molecule has 0 atom stereocenters. The van der Waals surface area contributed by atoms with Gasteiger partial charge in [0, 0.05) is 48.2 Å². The van der Waals surface area contributed by atoms with E-state index in [1.807, 2.05) is 73.7 Å². The number of urea groups is 1. The van der Waals surface area contributed by atoms with Gasteiger partial charge in [0.1, 0.15) is 17.1 Å². The molecule has 8 nitrogen and oxygen atoms in total. The maximum absolute atomic E-state index is 14.3. The van der Waals surface area contributed by atoms with Gasteiger partial charge < -0.3 is 15.4 Å². The van der Waals surface area contributed by atoms with Gasteiger partial charge in [-0.15, -0.1) is 0 Å². The SMILES string of the molecule is C=C(C)Cn1c(=O)c(NC(=O)Nc2c(C(C)C)cccc2C(C)C)c(-c2cccc(OCCc3ccncc3)c2)c2cccnc21. The summed E-state index contributed by atoms with van der Waals surface area (Å²) in [7, 11) is 0. The second-order valence-electron chi connectivity index (χ2n) is 12.2. The fourth-order valence-electron chi connectivity index (χ4n) is 5.64. The second-order valence-corrected chi connectivity index (χ2v) is 12.2. The minimum atomic E-state index is -0.497. The van der Waals surface area contributed by atoms with Crippen LogP contribution < -0.4 is 20.9 Å². The summed E-state index contributed by atoms with van der Waals surface area (Å²) in [6, 6.07) is 20.8. The number of hydrogen-bond donors (Lipinski definition) is 2. The molecular weight excluding hydrogens is 574 g/mol. The van der Waals surface area contributed by atoms with Gasteiger partial charge in [0.25, 0.3) is 5.56 Å². The lowest BCUT2D eigenvalue weighted by molar-refractivity contribution is 0.262. The number of amides is 2. The van der Waals surface area contributed by atoms with Gasteiger partial charge in [-0.05, 0) is 77.4 Å². The Bertz CT molecular complexity index is 1900. The number of pyridine rings is 3. The quantitative estimate of drug-likeness (QED) is 0.145. The first-order valence-electron chi connectivity index (χ1n) is 15.6. The largest absolute Gasteiger partial charge is 0.493 e. The van der Waals surface area contributed by atoms with Crippen molar-refractivity contribution in [2.75, 3.05) is 17.2 Å². The molecule has 8 heteroatoms. The summed E-state index contributed by atoms with van der Waals surface area (Å²) < 4.78 is 7.69. The number of aromatic nitrogens is 3. The average molecular weight is 616 g/mol. The van der Waals surface area contributed by atoms with E-state index >= 15 is 0 Å². The lowest BCUT2D eigenvalue weighted by Crippen LogP contribution is -2.30. The van der Waals surface area contributed by atoms with E-state index in [1.165, 1.54) is 0 Å². The van der Waals surface area contributed by atoms with Crippen LogP contribution in [0.25, 0.3) is 22.2 Å². The molecule has 2 aromatic carbocycles. The number of para-hydroxylation sites is 1. The third-order valence-corrected chi connectivity index (χ3v) is 7.83. The highest BCUT2D eigenvalue weighted by molar-refractivity contribution is 6.07. The second kappa shape index (κ2) is 14.2. The summed E-state index contributed by atoms with van der Waals surface area (Å²) in [5, 5.41) is 6.78. The smallest absolute Gasteiger partial charge is 0.323 e. The highest BCUT2D eigenvalue weighted by Crippen LogP contribution is 2.36. The van der Waals surface area contributed by atoms with E-state index in [2.05, 4.69) is 54.9 Å². The molecule has 5 aromatic rings. The summed E-state index contributed by atoms with van der Waals surface area (Å²) in [4.78, 5) is 36.8. The molecule has 0 bridgehead atoms. The monoisotopic (exact) mass is 615 g/mol. The molecule has 0 saturated carbocycles. The molecule has 0 radical (unpaired) electrons. The predicted molar refractivity (Wildman–Crippen MR) is 187 cm³/mol. The van der Waals surface area contributed by atoms with Gasteiger partial charge in [-0.1, -0.05) is 70.2 Å². The van der Waals surface area contributed by atoms with Crippen molar-refractivity contribution in [3.8, 4) is 16.9 Å². The summed E-state index contributed by atoms with van der Waals surface area (Å²) in [6.07, 6.45) is 5.91. The topological polar surface area (TPSA) is 98.1 Å². The maximum Gasteiger partial charge on any atom is 0.323 e. The fraction of sp³-hybridized carbons (Fsp3) is 0.263. The molecule has 0 spiro atoms. The number of anilines is 2. The summed E-state index contributed by atoms with van der Waals surface area (Å²) >= 11 is 0. The van der Waals surface area contributed by atoms with E-state index in [0.717, 1.165) is 45.3 Å². The van der Waals surface area contributed by atoms with Crippen LogP contribution in [-0.2, 0) is 13.0 Å². The molecule has 46 heavy (non-hydrogen) atoms. The normalized spacial score (nSPS) is 11.2. The van der Waals surface area contributed by atoms with E-state index in [-0.39, 0.29) is 29.6 Å². The third-order valence-electron chi connectivity index (χ3n) is 7.83. The van der Waals surface area contributed by atoms with Crippen LogP contribution in [0.15, 0.2) is 102 Å². The first kappa shape index (κ1) is 32.2. The zero-order valence-electron chi connectivity index (χ0n) is 27.1. The fourth-order valence-corrected chi connectivity index (χ4v) is 5.64. The zero-order chi connectivity index (χ0) is 32.8. The van der Waals surface area contributed by atoms with Crippen molar-refractivity contribution in [1.82, 2.24) is 14.5 Å². The van der Waals surface area contributed by atoms with Crippen LogP contribution in [0.3, 0.4) is 0 Å². The number of benzene rings is 2. The molecule has 2 amide bonds. The molecule has 5 rings (SSSR count). The number of hydrogen-bond acceptors (Lipinski definition) is 5. The number of nitrogens with zero attached hydrogens (tertiary/aromatic N) is 3. The Kier molecular flexibility index (Phi) is 9.96. The van der Waals surface area contributed by atoms with Crippen molar-refractivity contribution in [3.63, 3.8) is 0 Å². The maximum atomic E-state index is 14.3. The van der Waals surface area contributed by atoms with Gasteiger partial charge in [-0.2, -0.15) is 0 Å². The van der Waals surface area contributed by atoms with Crippen LogP contribution >= 0.6 is 0 Å². The minimum absolute atomic E-state index is 0.154. The summed E-state index contributed by atoms with van der Waals surface area (Å²) in [6.45, 7) is 15.0. The lowest BCUT2D eigenvalue weighted by atomic mass is 9.93. The number of carbonyl (C=O) groups excluding carboxylic acids is 1. The number of ether oxygens (including phenoxy) is 1. The van der Waals surface area contributed by atoms with Gasteiger partial charge in [0.2, 0.25) is 0 Å². The Balaban J connectivity index is 1.59. The number of fused-ring (bicyclic) bond motifs is 1. The van der Waals surface area contributed by atoms with Crippen molar-refractivity contribution >= 4 is 28.4 Å².